The predicted molar refractivity (Wildman–Crippen MR) is 58.4 cm³/mol. The summed E-state index contributed by atoms with van der Waals surface area (Å²) in [5.74, 6) is 0. The van der Waals surface area contributed by atoms with Crippen molar-refractivity contribution >= 4 is 17.3 Å². The molecule has 0 saturated carbocycles. The van der Waals surface area contributed by atoms with Crippen LogP contribution in [-0.4, -0.2) is 13.1 Å². The van der Waals surface area contributed by atoms with Gasteiger partial charge in [-0.15, -0.1) is 0 Å². The van der Waals surface area contributed by atoms with Crippen LogP contribution in [0.1, 0.15) is 12.0 Å². The van der Waals surface area contributed by atoms with Crippen molar-refractivity contribution in [1.29, 1.82) is 0 Å². The predicted octanol–water partition coefficient (Wildman–Crippen LogP) is 2.41. The van der Waals surface area contributed by atoms with Crippen molar-refractivity contribution in [2.75, 3.05) is 18.4 Å². The van der Waals surface area contributed by atoms with E-state index in [0.717, 1.165) is 23.7 Å². The lowest BCUT2D eigenvalue weighted by Crippen LogP contribution is -2.08. The summed E-state index contributed by atoms with van der Waals surface area (Å²) >= 11 is 5.98. The topological polar surface area (TPSA) is 38.0 Å². The fraction of sp³-hybridized carbons (Fsp3) is 0.400. The third-order valence-corrected chi connectivity index (χ3v) is 2.15. The number of hydrogen-bond acceptors (Lipinski definition) is 2. The first-order chi connectivity index (χ1) is 6.24. The molecule has 0 aliphatic carbocycles. The van der Waals surface area contributed by atoms with Crippen molar-refractivity contribution in [3.05, 3.63) is 28.8 Å². The monoisotopic (exact) mass is 198 g/mol. The molecular weight excluding hydrogens is 184 g/mol. The molecular formula is C10H15ClN2. The maximum atomic E-state index is 5.98. The van der Waals surface area contributed by atoms with Gasteiger partial charge in [0.2, 0.25) is 0 Å². The minimum atomic E-state index is 0.705. The number of aryl methyl sites for hydroxylation is 1. The lowest BCUT2D eigenvalue weighted by molar-refractivity contribution is 0.874. The second-order valence-corrected chi connectivity index (χ2v) is 3.46. The Kier molecular flexibility index (Phi) is 4.06. The van der Waals surface area contributed by atoms with Gasteiger partial charge in [0.1, 0.15) is 0 Å². The van der Waals surface area contributed by atoms with E-state index < -0.39 is 0 Å². The van der Waals surface area contributed by atoms with Crippen LogP contribution in [0.4, 0.5) is 5.69 Å². The van der Waals surface area contributed by atoms with Gasteiger partial charge in [0.05, 0.1) is 10.7 Å². The summed E-state index contributed by atoms with van der Waals surface area (Å²) in [4.78, 5) is 0. The quantitative estimate of drug-likeness (QED) is 0.730. The van der Waals surface area contributed by atoms with E-state index in [1.807, 2.05) is 25.1 Å². The van der Waals surface area contributed by atoms with E-state index in [-0.39, 0.29) is 0 Å². The number of hydrogen-bond donors (Lipinski definition) is 2. The Morgan fingerprint density at radius 3 is 2.92 bits per heavy atom. The molecule has 0 amide bonds. The molecule has 0 aliphatic rings. The van der Waals surface area contributed by atoms with Gasteiger partial charge in [-0.25, -0.2) is 0 Å². The average Bonchev–Trinajstić information content (AvgIpc) is 2.11. The second-order valence-electron chi connectivity index (χ2n) is 3.05. The maximum absolute atomic E-state index is 5.98. The summed E-state index contributed by atoms with van der Waals surface area (Å²) in [6, 6.07) is 5.94. The molecule has 3 heteroatoms. The molecule has 0 aliphatic heterocycles. The molecule has 0 aromatic heterocycles. The summed E-state index contributed by atoms with van der Waals surface area (Å²) in [6.07, 6.45) is 0.963. The molecule has 72 valence electrons. The molecule has 0 bridgehead atoms. The van der Waals surface area contributed by atoms with E-state index in [9.17, 15) is 0 Å². The molecule has 0 atom stereocenters. The largest absolute Gasteiger partial charge is 0.384 e. The van der Waals surface area contributed by atoms with Crippen LogP contribution in [0.15, 0.2) is 18.2 Å². The molecule has 1 rings (SSSR count). The summed E-state index contributed by atoms with van der Waals surface area (Å²) in [6.45, 7) is 3.63. The molecule has 2 nitrogen and oxygen atoms in total. The van der Waals surface area contributed by atoms with Gasteiger partial charge >= 0.3 is 0 Å². The SMILES string of the molecule is Cc1ccc(Cl)c(NCCCN)c1. The minimum Gasteiger partial charge on any atom is -0.384 e. The fourth-order valence-electron chi connectivity index (χ4n) is 1.10. The Morgan fingerprint density at radius 2 is 2.23 bits per heavy atom. The zero-order valence-electron chi connectivity index (χ0n) is 7.81. The van der Waals surface area contributed by atoms with E-state index in [1.165, 1.54) is 5.56 Å². The summed E-state index contributed by atoms with van der Waals surface area (Å²) in [7, 11) is 0. The van der Waals surface area contributed by atoms with Crippen LogP contribution in [0.5, 0.6) is 0 Å². The van der Waals surface area contributed by atoms with Crippen LogP contribution < -0.4 is 11.1 Å². The third-order valence-electron chi connectivity index (χ3n) is 1.82. The number of rotatable bonds is 4. The Hall–Kier alpha value is -0.730. The fourth-order valence-corrected chi connectivity index (χ4v) is 1.28. The molecule has 0 heterocycles. The summed E-state index contributed by atoms with van der Waals surface area (Å²) < 4.78 is 0. The number of nitrogens with one attached hydrogen (secondary N) is 1. The Bertz CT molecular complexity index is 274. The number of halogens is 1. The van der Waals surface area contributed by atoms with Crippen molar-refractivity contribution < 1.29 is 0 Å². The number of nitrogens with two attached hydrogens (primary N) is 1. The van der Waals surface area contributed by atoms with Crippen LogP contribution in [-0.2, 0) is 0 Å². The Balaban J connectivity index is 2.59. The van der Waals surface area contributed by atoms with Gasteiger partial charge in [-0.3, -0.25) is 0 Å². The van der Waals surface area contributed by atoms with Crippen molar-refractivity contribution in [3.8, 4) is 0 Å². The number of benzene rings is 1. The van der Waals surface area contributed by atoms with E-state index in [4.69, 9.17) is 17.3 Å². The normalized spacial score (nSPS) is 10.1. The van der Waals surface area contributed by atoms with Crippen LogP contribution in [0, 0.1) is 6.92 Å². The zero-order chi connectivity index (χ0) is 9.68. The first kappa shape index (κ1) is 10.4. The van der Waals surface area contributed by atoms with Gasteiger partial charge < -0.3 is 11.1 Å². The van der Waals surface area contributed by atoms with E-state index >= 15 is 0 Å². The lowest BCUT2D eigenvalue weighted by atomic mass is 10.2. The van der Waals surface area contributed by atoms with Crippen LogP contribution >= 0.6 is 11.6 Å². The van der Waals surface area contributed by atoms with Gasteiger partial charge in [-0.2, -0.15) is 0 Å². The van der Waals surface area contributed by atoms with Crippen molar-refractivity contribution in [2.24, 2.45) is 5.73 Å². The minimum absolute atomic E-state index is 0.705. The van der Waals surface area contributed by atoms with Gasteiger partial charge in [-0.1, -0.05) is 17.7 Å². The van der Waals surface area contributed by atoms with Crippen LogP contribution in [0.3, 0.4) is 0 Å². The third kappa shape index (κ3) is 3.25. The highest BCUT2D eigenvalue weighted by atomic mass is 35.5. The summed E-state index contributed by atoms with van der Waals surface area (Å²) in [5.41, 5.74) is 7.59. The second kappa shape index (κ2) is 5.10. The molecule has 1 aromatic carbocycles. The van der Waals surface area contributed by atoms with Gasteiger partial charge in [0.25, 0.3) is 0 Å². The van der Waals surface area contributed by atoms with Crippen LogP contribution in [0.2, 0.25) is 5.02 Å². The highest BCUT2D eigenvalue weighted by Crippen LogP contribution is 2.22. The molecule has 0 unspecified atom stereocenters. The van der Waals surface area contributed by atoms with Crippen molar-refractivity contribution in [1.82, 2.24) is 0 Å². The Labute approximate surface area is 84.1 Å². The smallest absolute Gasteiger partial charge is 0.0637 e. The van der Waals surface area contributed by atoms with E-state index in [2.05, 4.69) is 5.32 Å². The van der Waals surface area contributed by atoms with Crippen molar-refractivity contribution in [3.63, 3.8) is 0 Å². The number of anilines is 1. The molecule has 3 N–H and O–H groups in total. The highest BCUT2D eigenvalue weighted by molar-refractivity contribution is 6.33. The highest BCUT2D eigenvalue weighted by Gasteiger charge is 1.98. The molecule has 1 aromatic rings. The first-order valence-corrected chi connectivity index (χ1v) is 4.82. The van der Waals surface area contributed by atoms with Crippen molar-refractivity contribution in [2.45, 2.75) is 13.3 Å². The van der Waals surface area contributed by atoms with Gasteiger partial charge in [0.15, 0.2) is 0 Å². The van der Waals surface area contributed by atoms with E-state index in [1.54, 1.807) is 0 Å². The molecule has 13 heavy (non-hydrogen) atoms. The van der Waals surface area contributed by atoms with Gasteiger partial charge in [0, 0.05) is 6.54 Å². The standard InChI is InChI=1S/C10H15ClN2/c1-8-3-4-9(11)10(7-8)13-6-2-5-12/h3-4,7,13H,2,5-6,12H2,1H3. The maximum Gasteiger partial charge on any atom is 0.0637 e. The first-order valence-electron chi connectivity index (χ1n) is 4.44. The molecule has 0 saturated heterocycles. The molecule has 0 spiro atoms. The average molecular weight is 199 g/mol. The molecule has 0 radical (unpaired) electrons. The zero-order valence-corrected chi connectivity index (χ0v) is 8.56. The molecule has 0 fully saturated rings. The van der Waals surface area contributed by atoms with Crippen LogP contribution in [0.25, 0.3) is 0 Å². The lowest BCUT2D eigenvalue weighted by Gasteiger charge is -2.08. The summed E-state index contributed by atoms with van der Waals surface area (Å²) in [5, 5.41) is 4.01. The Morgan fingerprint density at radius 1 is 1.46 bits per heavy atom. The van der Waals surface area contributed by atoms with Gasteiger partial charge in [-0.05, 0) is 37.6 Å². The van der Waals surface area contributed by atoms with E-state index in [0.29, 0.717) is 6.54 Å².